The fourth-order valence-corrected chi connectivity index (χ4v) is 7.49. The van der Waals surface area contributed by atoms with Crippen molar-refractivity contribution in [1.29, 1.82) is 0 Å². The van der Waals surface area contributed by atoms with E-state index in [1.165, 1.54) is 12.8 Å². The fraction of sp³-hybridized carbons (Fsp3) is 0.444. The van der Waals surface area contributed by atoms with Gasteiger partial charge in [-0.05, 0) is 67.0 Å². The van der Waals surface area contributed by atoms with Crippen LogP contribution in [0.2, 0.25) is 0 Å². The van der Waals surface area contributed by atoms with Gasteiger partial charge in [-0.2, -0.15) is 9.97 Å². The Labute approximate surface area is 263 Å². The predicted octanol–water partition coefficient (Wildman–Crippen LogP) is 4.58. The molecular formula is C36H39N5O4. The molecule has 1 aromatic heterocycles. The van der Waals surface area contributed by atoms with E-state index in [0.29, 0.717) is 30.5 Å². The van der Waals surface area contributed by atoms with Crippen molar-refractivity contribution in [2.24, 2.45) is 5.41 Å². The fourth-order valence-electron chi connectivity index (χ4n) is 7.49. The van der Waals surface area contributed by atoms with Crippen LogP contribution in [0.1, 0.15) is 31.2 Å². The summed E-state index contributed by atoms with van der Waals surface area (Å²) in [5.74, 6) is 4.53. The SMILES string of the molecule is C#Cc1cccc2cc(O)cc(-c3cc4nc(OCC5(CN6CCOCC6)CC5)nc(N5CC6CCC(C5)N6)c4cc3OC)c12. The van der Waals surface area contributed by atoms with E-state index in [2.05, 4.69) is 21.0 Å². The van der Waals surface area contributed by atoms with E-state index in [1.807, 2.05) is 30.3 Å². The van der Waals surface area contributed by atoms with Gasteiger partial charge < -0.3 is 29.5 Å². The average molecular weight is 606 g/mol. The van der Waals surface area contributed by atoms with E-state index in [9.17, 15) is 5.11 Å². The van der Waals surface area contributed by atoms with Gasteiger partial charge in [0.1, 0.15) is 17.3 Å². The molecule has 4 aromatic rings. The molecule has 3 aromatic carbocycles. The topological polar surface area (TPSA) is 92.2 Å². The Morgan fingerprint density at radius 1 is 1.07 bits per heavy atom. The van der Waals surface area contributed by atoms with Gasteiger partial charge in [-0.25, -0.2) is 0 Å². The summed E-state index contributed by atoms with van der Waals surface area (Å²) >= 11 is 0. The van der Waals surface area contributed by atoms with Crippen LogP contribution in [-0.4, -0.2) is 91.7 Å². The van der Waals surface area contributed by atoms with Gasteiger partial charge in [0.05, 0.1) is 32.4 Å². The number of nitrogens with one attached hydrogen (secondary N) is 1. The zero-order valence-electron chi connectivity index (χ0n) is 25.7. The van der Waals surface area contributed by atoms with Gasteiger partial charge in [-0.3, -0.25) is 4.90 Å². The Kier molecular flexibility index (Phi) is 7.16. The van der Waals surface area contributed by atoms with Crippen LogP contribution in [-0.2, 0) is 4.74 Å². The monoisotopic (exact) mass is 605 g/mol. The number of piperazine rings is 1. The summed E-state index contributed by atoms with van der Waals surface area (Å²) in [6.45, 7) is 6.91. The summed E-state index contributed by atoms with van der Waals surface area (Å²) < 4.78 is 18.1. The molecule has 3 saturated heterocycles. The summed E-state index contributed by atoms with van der Waals surface area (Å²) in [6.07, 6.45) is 10.6. The molecule has 0 spiro atoms. The van der Waals surface area contributed by atoms with Crippen LogP contribution >= 0.6 is 0 Å². The lowest BCUT2D eigenvalue weighted by Crippen LogP contribution is -2.51. The molecule has 1 aliphatic carbocycles. The van der Waals surface area contributed by atoms with Gasteiger partial charge in [-0.15, -0.1) is 6.42 Å². The van der Waals surface area contributed by atoms with E-state index in [0.717, 1.165) is 103 Å². The molecule has 4 aliphatic rings. The number of nitrogens with zero attached hydrogens (tertiary/aromatic N) is 4. The number of morpholine rings is 1. The molecule has 2 bridgehead atoms. The molecule has 2 unspecified atom stereocenters. The highest BCUT2D eigenvalue weighted by Gasteiger charge is 2.45. The minimum absolute atomic E-state index is 0.140. The number of hydrogen-bond donors (Lipinski definition) is 2. The van der Waals surface area contributed by atoms with Crippen molar-refractivity contribution in [3.8, 4) is 41.0 Å². The zero-order chi connectivity index (χ0) is 30.5. The molecule has 8 rings (SSSR count). The molecule has 2 N–H and O–H groups in total. The lowest BCUT2D eigenvalue weighted by Gasteiger charge is -2.34. The molecule has 232 valence electrons. The minimum atomic E-state index is 0.140. The number of aromatic nitrogens is 2. The highest BCUT2D eigenvalue weighted by atomic mass is 16.5. The van der Waals surface area contributed by atoms with E-state index in [-0.39, 0.29) is 11.2 Å². The van der Waals surface area contributed by atoms with E-state index in [1.54, 1.807) is 19.2 Å². The van der Waals surface area contributed by atoms with Crippen LogP contribution in [0.15, 0.2) is 42.5 Å². The van der Waals surface area contributed by atoms with Crippen LogP contribution in [0, 0.1) is 17.8 Å². The van der Waals surface area contributed by atoms with Crippen LogP contribution in [0.5, 0.6) is 17.5 Å². The number of fused-ring (bicyclic) bond motifs is 4. The number of phenolic OH excluding ortho intramolecular Hbond substituents is 1. The number of ether oxygens (including phenoxy) is 3. The summed E-state index contributed by atoms with van der Waals surface area (Å²) in [6, 6.07) is 14.6. The van der Waals surface area contributed by atoms with Crippen LogP contribution in [0.3, 0.4) is 0 Å². The second-order valence-corrected chi connectivity index (χ2v) is 13.2. The van der Waals surface area contributed by atoms with Crippen molar-refractivity contribution in [2.75, 3.05) is 64.6 Å². The molecule has 1 saturated carbocycles. The van der Waals surface area contributed by atoms with Crippen molar-refractivity contribution in [2.45, 2.75) is 37.8 Å². The molecule has 45 heavy (non-hydrogen) atoms. The first-order chi connectivity index (χ1) is 22.0. The number of aromatic hydroxyl groups is 1. The number of benzene rings is 3. The van der Waals surface area contributed by atoms with Gasteiger partial charge in [-0.1, -0.05) is 18.1 Å². The Morgan fingerprint density at radius 2 is 1.87 bits per heavy atom. The lowest BCUT2D eigenvalue weighted by molar-refractivity contribution is 0.0231. The number of terminal acetylenes is 1. The van der Waals surface area contributed by atoms with Crippen molar-refractivity contribution in [3.05, 3.63) is 48.0 Å². The molecule has 9 heteroatoms. The molecule has 2 atom stereocenters. The predicted molar refractivity (Wildman–Crippen MR) is 175 cm³/mol. The van der Waals surface area contributed by atoms with E-state index >= 15 is 0 Å². The Morgan fingerprint density at radius 3 is 2.60 bits per heavy atom. The number of rotatable bonds is 8. The van der Waals surface area contributed by atoms with Crippen LogP contribution in [0.25, 0.3) is 32.8 Å². The Bertz CT molecular complexity index is 1800. The normalized spacial score (nSPS) is 22.4. The average Bonchev–Trinajstić information content (AvgIpc) is 3.75. The molecule has 9 nitrogen and oxygen atoms in total. The van der Waals surface area contributed by atoms with E-state index < -0.39 is 0 Å². The Balaban J connectivity index is 1.22. The number of hydrogen-bond acceptors (Lipinski definition) is 9. The summed E-state index contributed by atoms with van der Waals surface area (Å²) in [5, 5.41) is 17.1. The van der Waals surface area contributed by atoms with Gasteiger partial charge in [0.15, 0.2) is 0 Å². The second-order valence-electron chi connectivity index (χ2n) is 13.2. The number of methoxy groups -OCH3 is 1. The first kappa shape index (κ1) is 28.4. The maximum absolute atomic E-state index is 10.7. The lowest BCUT2D eigenvalue weighted by atomic mass is 9.93. The van der Waals surface area contributed by atoms with Gasteiger partial charge in [0.25, 0.3) is 0 Å². The van der Waals surface area contributed by atoms with Gasteiger partial charge >= 0.3 is 6.01 Å². The van der Waals surface area contributed by atoms with Gasteiger partial charge in [0.2, 0.25) is 0 Å². The highest BCUT2D eigenvalue weighted by Crippen LogP contribution is 2.47. The molecule has 3 aliphatic heterocycles. The van der Waals surface area contributed by atoms with Crippen LogP contribution < -0.4 is 19.7 Å². The third-order valence-electron chi connectivity index (χ3n) is 10.0. The first-order valence-corrected chi connectivity index (χ1v) is 16.1. The van der Waals surface area contributed by atoms with Crippen molar-refractivity contribution < 1.29 is 19.3 Å². The van der Waals surface area contributed by atoms with E-state index in [4.69, 9.17) is 30.6 Å². The molecule has 0 amide bonds. The van der Waals surface area contributed by atoms with Crippen molar-refractivity contribution >= 4 is 27.5 Å². The molecule has 0 radical (unpaired) electrons. The largest absolute Gasteiger partial charge is 0.508 e. The van der Waals surface area contributed by atoms with Crippen molar-refractivity contribution in [1.82, 2.24) is 20.2 Å². The summed E-state index contributed by atoms with van der Waals surface area (Å²) in [4.78, 5) is 15.0. The first-order valence-electron chi connectivity index (χ1n) is 16.1. The summed E-state index contributed by atoms with van der Waals surface area (Å²) in [7, 11) is 1.67. The highest BCUT2D eigenvalue weighted by molar-refractivity contribution is 6.05. The third-order valence-corrected chi connectivity index (χ3v) is 10.0. The van der Waals surface area contributed by atoms with Gasteiger partial charge in [0, 0.05) is 72.1 Å². The summed E-state index contributed by atoms with van der Waals surface area (Å²) in [5.41, 5.74) is 3.26. The minimum Gasteiger partial charge on any atom is -0.508 e. The number of anilines is 1. The second kappa shape index (κ2) is 11.4. The molecular weight excluding hydrogens is 566 g/mol. The number of phenols is 1. The zero-order valence-corrected chi connectivity index (χ0v) is 25.7. The standard InChI is InChI=1S/C36H39N5O4/c1-3-23-5-4-6-24-15-27(42)16-29(33(23)24)28-17-31-30(18-32(28)43-2)34(41-19-25-7-8-26(20-41)37-25)39-35(38-31)45-22-36(9-10-36)21-40-11-13-44-14-12-40/h1,4-6,15-18,25-26,37,42H,7-14,19-22H2,2H3. The maximum Gasteiger partial charge on any atom is 0.318 e. The Hall–Kier alpha value is -4.10. The quantitative estimate of drug-likeness (QED) is 0.280. The smallest absolute Gasteiger partial charge is 0.318 e. The maximum atomic E-state index is 10.7. The third kappa shape index (κ3) is 5.41. The molecule has 4 heterocycles. The molecule has 4 fully saturated rings. The van der Waals surface area contributed by atoms with Crippen LogP contribution in [0.4, 0.5) is 5.82 Å². The van der Waals surface area contributed by atoms with Crippen molar-refractivity contribution in [3.63, 3.8) is 0 Å².